The topological polar surface area (TPSA) is 55.1 Å². The third kappa shape index (κ3) is 3.34. The maximum absolute atomic E-state index is 11.7. The summed E-state index contributed by atoms with van der Waals surface area (Å²) in [7, 11) is 0. The van der Waals surface area contributed by atoms with Crippen LogP contribution in [0.25, 0.3) is 0 Å². The van der Waals surface area contributed by atoms with Crippen LogP contribution in [0.2, 0.25) is 5.02 Å². The molecule has 0 aliphatic carbocycles. The minimum atomic E-state index is -0.0714. The van der Waals surface area contributed by atoms with E-state index in [1.807, 2.05) is 19.1 Å². The van der Waals surface area contributed by atoms with Crippen LogP contribution < -0.4 is 5.32 Å². The van der Waals surface area contributed by atoms with E-state index in [1.165, 1.54) is 12.7 Å². The van der Waals surface area contributed by atoms with Crippen LogP contribution in [-0.2, 0) is 11.2 Å². The predicted molar refractivity (Wildman–Crippen MR) is 69.6 cm³/mol. The van der Waals surface area contributed by atoms with Crippen LogP contribution in [-0.4, -0.2) is 10.9 Å². The van der Waals surface area contributed by atoms with E-state index in [2.05, 4.69) is 10.3 Å². The van der Waals surface area contributed by atoms with Crippen molar-refractivity contribution >= 4 is 23.2 Å². The molecule has 18 heavy (non-hydrogen) atoms. The van der Waals surface area contributed by atoms with E-state index in [0.717, 1.165) is 11.3 Å². The fourth-order valence-electron chi connectivity index (χ4n) is 1.50. The number of hydrogen-bond donors (Lipinski definition) is 1. The molecule has 0 saturated carbocycles. The summed E-state index contributed by atoms with van der Waals surface area (Å²) in [6.07, 6.45) is 3.81. The molecule has 94 valence electrons. The number of hydrogen-bond acceptors (Lipinski definition) is 3. The molecule has 0 radical (unpaired) electrons. The van der Waals surface area contributed by atoms with Crippen molar-refractivity contribution in [1.82, 2.24) is 4.98 Å². The Balaban J connectivity index is 1.88. The molecule has 0 spiro atoms. The summed E-state index contributed by atoms with van der Waals surface area (Å²) in [6.45, 7) is 1.92. The number of carbonyl (C=O) groups excluding carboxylic acids is 1. The van der Waals surface area contributed by atoms with Gasteiger partial charge in [0.25, 0.3) is 0 Å². The summed E-state index contributed by atoms with van der Waals surface area (Å²) in [5.74, 6) is -0.0714. The number of carbonyl (C=O) groups is 1. The number of aromatic nitrogens is 1. The Kier molecular flexibility index (Phi) is 3.99. The Bertz CT molecular complexity index is 538. The number of aryl methyl sites for hydroxylation is 2. The van der Waals surface area contributed by atoms with Gasteiger partial charge in [-0.15, -0.1) is 0 Å². The first-order valence-electron chi connectivity index (χ1n) is 5.58. The Morgan fingerprint density at radius 1 is 1.50 bits per heavy atom. The molecule has 0 saturated heterocycles. The zero-order chi connectivity index (χ0) is 13.0. The number of nitrogens with zero attached hydrogens (tertiary/aromatic N) is 1. The van der Waals surface area contributed by atoms with Gasteiger partial charge in [-0.2, -0.15) is 0 Å². The van der Waals surface area contributed by atoms with Gasteiger partial charge in [0.1, 0.15) is 6.26 Å². The fraction of sp³-hybridized carbons (Fsp3) is 0.231. The largest absolute Gasteiger partial charge is 0.451 e. The molecule has 1 amide bonds. The number of nitrogens with one attached hydrogen (secondary N) is 1. The monoisotopic (exact) mass is 264 g/mol. The molecule has 1 heterocycles. The number of halogens is 1. The second kappa shape index (κ2) is 5.69. The first-order chi connectivity index (χ1) is 8.65. The van der Waals surface area contributed by atoms with Gasteiger partial charge in [0.05, 0.1) is 5.69 Å². The van der Waals surface area contributed by atoms with Gasteiger partial charge in [0, 0.05) is 23.6 Å². The SMILES string of the molecule is Cc1ccc(NC(=O)CCc2cocn2)cc1Cl. The Labute approximate surface area is 110 Å². The summed E-state index contributed by atoms with van der Waals surface area (Å²) in [5.41, 5.74) is 2.46. The van der Waals surface area contributed by atoms with Crippen LogP contribution in [0.5, 0.6) is 0 Å². The standard InChI is InChI=1S/C13H13ClN2O2/c1-9-2-3-10(6-12(9)14)16-13(17)5-4-11-7-18-8-15-11/h2-3,6-8H,4-5H2,1H3,(H,16,17). The molecule has 0 bridgehead atoms. The average molecular weight is 265 g/mol. The minimum absolute atomic E-state index is 0.0714. The second-order valence-electron chi connectivity index (χ2n) is 3.99. The number of oxazole rings is 1. The van der Waals surface area contributed by atoms with E-state index in [4.69, 9.17) is 16.0 Å². The van der Waals surface area contributed by atoms with Crippen molar-refractivity contribution in [3.8, 4) is 0 Å². The van der Waals surface area contributed by atoms with E-state index < -0.39 is 0 Å². The maximum atomic E-state index is 11.7. The van der Waals surface area contributed by atoms with Crippen molar-refractivity contribution in [2.75, 3.05) is 5.32 Å². The summed E-state index contributed by atoms with van der Waals surface area (Å²) < 4.78 is 4.83. The van der Waals surface area contributed by atoms with Gasteiger partial charge in [-0.1, -0.05) is 17.7 Å². The molecule has 0 fully saturated rings. The highest BCUT2D eigenvalue weighted by molar-refractivity contribution is 6.31. The zero-order valence-corrected chi connectivity index (χ0v) is 10.7. The lowest BCUT2D eigenvalue weighted by Crippen LogP contribution is -2.12. The lowest BCUT2D eigenvalue weighted by Gasteiger charge is -2.06. The molecule has 0 atom stereocenters. The van der Waals surface area contributed by atoms with Gasteiger partial charge in [-0.3, -0.25) is 4.79 Å². The lowest BCUT2D eigenvalue weighted by atomic mass is 10.2. The van der Waals surface area contributed by atoms with Crippen molar-refractivity contribution in [2.24, 2.45) is 0 Å². The van der Waals surface area contributed by atoms with Crippen molar-refractivity contribution in [3.63, 3.8) is 0 Å². The van der Waals surface area contributed by atoms with Crippen molar-refractivity contribution in [2.45, 2.75) is 19.8 Å². The summed E-state index contributed by atoms with van der Waals surface area (Å²) in [5, 5.41) is 3.43. The number of rotatable bonds is 4. The van der Waals surface area contributed by atoms with Gasteiger partial charge >= 0.3 is 0 Å². The van der Waals surface area contributed by atoms with E-state index >= 15 is 0 Å². The van der Waals surface area contributed by atoms with Gasteiger partial charge in [-0.25, -0.2) is 4.98 Å². The molecule has 1 aromatic heterocycles. The molecule has 2 rings (SSSR count). The molecule has 0 aliphatic rings. The number of anilines is 1. The minimum Gasteiger partial charge on any atom is -0.451 e. The maximum Gasteiger partial charge on any atom is 0.224 e. The first kappa shape index (κ1) is 12.6. The number of amides is 1. The third-order valence-corrected chi connectivity index (χ3v) is 2.95. The van der Waals surface area contributed by atoms with E-state index in [-0.39, 0.29) is 5.91 Å². The van der Waals surface area contributed by atoms with E-state index in [0.29, 0.717) is 23.6 Å². The van der Waals surface area contributed by atoms with Crippen LogP contribution in [0.1, 0.15) is 17.7 Å². The van der Waals surface area contributed by atoms with Gasteiger partial charge in [-0.05, 0) is 24.6 Å². The van der Waals surface area contributed by atoms with Crippen LogP contribution in [0.3, 0.4) is 0 Å². The van der Waals surface area contributed by atoms with Crippen molar-refractivity contribution in [3.05, 3.63) is 47.1 Å². The number of benzene rings is 1. The lowest BCUT2D eigenvalue weighted by molar-refractivity contribution is -0.116. The quantitative estimate of drug-likeness (QED) is 0.923. The summed E-state index contributed by atoms with van der Waals surface area (Å²) >= 11 is 5.98. The zero-order valence-electron chi connectivity index (χ0n) is 9.94. The van der Waals surface area contributed by atoms with Crippen LogP contribution in [0, 0.1) is 6.92 Å². The summed E-state index contributed by atoms with van der Waals surface area (Å²) in [6, 6.07) is 5.44. The highest BCUT2D eigenvalue weighted by Gasteiger charge is 2.05. The molecular formula is C13H13ClN2O2. The predicted octanol–water partition coefficient (Wildman–Crippen LogP) is 3.21. The Morgan fingerprint density at radius 2 is 2.33 bits per heavy atom. The molecule has 5 heteroatoms. The van der Waals surface area contributed by atoms with Crippen molar-refractivity contribution in [1.29, 1.82) is 0 Å². The van der Waals surface area contributed by atoms with Gasteiger partial charge in [0.2, 0.25) is 5.91 Å². The fourth-order valence-corrected chi connectivity index (χ4v) is 1.68. The van der Waals surface area contributed by atoms with Crippen LogP contribution >= 0.6 is 11.6 Å². The summed E-state index contributed by atoms with van der Waals surface area (Å²) in [4.78, 5) is 15.6. The first-order valence-corrected chi connectivity index (χ1v) is 5.96. The van der Waals surface area contributed by atoms with E-state index in [9.17, 15) is 4.79 Å². The van der Waals surface area contributed by atoms with Crippen LogP contribution in [0.15, 0.2) is 35.3 Å². The highest BCUT2D eigenvalue weighted by atomic mass is 35.5. The molecule has 0 unspecified atom stereocenters. The smallest absolute Gasteiger partial charge is 0.224 e. The highest BCUT2D eigenvalue weighted by Crippen LogP contribution is 2.20. The van der Waals surface area contributed by atoms with E-state index in [1.54, 1.807) is 6.07 Å². The Morgan fingerprint density at radius 3 is 3.00 bits per heavy atom. The second-order valence-corrected chi connectivity index (χ2v) is 4.40. The third-order valence-electron chi connectivity index (χ3n) is 2.55. The Hall–Kier alpha value is -1.81. The molecule has 1 N–H and O–H groups in total. The molecule has 0 aliphatic heterocycles. The molecular weight excluding hydrogens is 252 g/mol. The van der Waals surface area contributed by atoms with Crippen molar-refractivity contribution < 1.29 is 9.21 Å². The average Bonchev–Trinajstić information content (AvgIpc) is 2.84. The van der Waals surface area contributed by atoms with Gasteiger partial charge < -0.3 is 9.73 Å². The molecule has 2 aromatic rings. The van der Waals surface area contributed by atoms with Crippen LogP contribution in [0.4, 0.5) is 5.69 Å². The molecule has 1 aromatic carbocycles. The molecule has 4 nitrogen and oxygen atoms in total. The normalized spacial score (nSPS) is 10.3. The van der Waals surface area contributed by atoms with Gasteiger partial charge in [0.15, 0.2) is 6.39 Å².